The van der Waals surface area contributed by atoms with E-state index in [0.717, 1.165) is 12.8 Å². The van der Waals surface area contributed by atoms with Crippen LogP contribution in [0.3, 0.4) is 0 Å². The monoisotopic (exact) mass is 223 g/mol. The van der Waals surface area contributed by atoms with Crippen molar-refractivity contribution in [1.29, 1.82) is 0 Å². The second kappa shape index (κ2) is 3.96. The zero-order valence-corrected chi connectivity index (χ0v) is 8.92. The van der Waals surface area contributed by atoms with Crippen LogP contribution < -0.4 is 5.73 Å². The summed E-state index contributed by atoms with van der Waals surface area (Å²) in [5.41, 5.74) is 5.42. The van der Waals surface area contributed by atoms with Gasteiger partial charge in [-0.1, -0.05) is 0 Å². The molecule has 0 bridgehead atoms. The normalized spacial score (nSPS) is 16.8. The van der Waals surface area contributed by atoms with Crippen LogP contribution in [0.25, 0.3) is 0 Å². The van der Waals surface area contributed by atoms with Gasteiger partial charge in [-0.05, 0) is 18.8 Å². The molecule has 1 heterocycles. The Morgan fingerprint density at radius 1 is 1.62 bits per heavy atom. The lowest BCUT2D eigenvalue weighted by Crippen LogP contribution is -2.23. The first-order valence-corrected chi connectivity index (χ1v) is 5.05. The molecule has 1 aromatic heterocycles. The van der Waals surface area contributed by atoms with Crippen molar-refractivity contribution < 1.29 is 14.3 Å². The molecule has 86 valence electrons. The molecule has 2 N–H and O–H groups in total. The van der Waals surface area contributed by atoms with Crippen LogP contribution in [0.15, 0.2) is 12.4 Å². The molecular formula is C10H13N3O3. The molecule has 0 radical (unpaired) electrons. The summed E-state index contributed by atoms with van der Waals surface area (Å²) < 4.78 is 6.18. The summed E-state index contributed by atoms with van der Waals surface area (Å²) in [7, 11) is 1.34. The zero-order valence-electron chi connectivity index (χ0n) is 8.92. The fourth-order valence-corrected chi connectivity index (χ4v) is 1.67. The molecule has 1 saturated carbocycles. The second-order valence-electron chi connectivity index (χ2n) is 3.88. The smallest absolute Gasteiger partial charge is 0.330 e. The Balaban J connectivity index is 2.24. The standard InChI is InChI=1S/C10H13N3O3/c1-16-10(15)8(6-2-3-6)13-5-7(4-12-13)9(11)14/h4-6,8H,2-3H2,1H3,(H2,11,14). The Hall–Kier alpha value is -1.85. The van der Waals surface area contributed by atoms with E-state index in [4.69, 9.17) is 10.5 Å². The first-order chi connectivity index (χ1) is 7.63. The first kappa shape index (κ1) is 10.7. The van der Waals surface area contributed by atoms with Gasteiger partial charge in [0.05, 0.1) is 18.9 Å². The Morgan fingerprint density at radius 3 is 2.75 bits per heavy atom. The molecule has 16 heavy (non-hydrogen) atoms. The highest BCUT2D eigenvalue weighted by Gasteiger charge is 2.39. The van der Waals surface area contributed by atoms with Crippen LogP contribution >= 0.6 is 0 Å². The summed E-state index contributed by atoms with van der Waals surface area (Å²) >= 11 is 0. The first-order valence-electron chi connectivity index (χ1n) is 5.05. The highest BCUT2D eigenvalue weighted by molar-refractivity contribution is 5.92. The molecule has 0 saturated heterocycles. The molecule has 1 aliphatic carbocycles. The van der Waals surface area contributed by atoms with Crippen LogP contribution in [0.1, 0.15) is 29.2 Å². The van der Waals surface area contributed by atoms with Gasteiger partial charge in [-0.25, -0.2) is 4.79 Å². The SMILES string of the molecule is COC(=O)C(C1CC1)n1cc(C(N)=O)cn1. The molecule has 6 heteroatoms. The molecule has 1 aliphatic rings. The number of rotatable bonds is 4. The summed E-state index contributed by atoms with van der Waals surface area (Å²) in [6.07, 6.45) is 4.81. The number of aromatic nitrogens is 2. The van der Waals surface area contributed by atoms with Gasteiger partial charge in [-0.15, -0.1) is 0 Å². The fraction of sp³-hybridized carbons (Fsp3) is 0.500. The predicted octanol–water partition coefficient (Wildman–Crippen LogP) is 0.106. The van der Waals surface area contributed by atoms with Crippen LogP contribution in [0.5, 0.6) is 0 Å². The molecule has 1 aromatic rings. The van der Waals surface area contributed by atoms with Crippen molar-refractivity contribution in [2.45, 2.75) is 18.9 Å². The van der Waals surface area contributed by atoms with Gasteiger partial charge in [-0.3, -0.25) is 9.48 Å². The third-order valence-electron chi connectivity index (χ3n) is 2.68. The van der Waals surface area contributed by atoms with Gasteiger partial charge < -0.3 is 10.5 Å². The minimum absolute atomic E-state index is 0.257. The molecule has 1 fully saturated rings. The van der Waals surface area contributed by atoms with E-state index in [1.807, 2.05) is 0 Å². The number of nitrogens with two attached hydrogens (primary N) is 1. The minimum atomic E-state index is -0.550. The molecular weight excluding hydrogens is 210 g/mol. The van der Waals surface area contributed by atoms with Gasteiger partial charge in [0, 0.05) is 6.20 Å². The number of methoxy groups -OCH3 is 1. The van der Waals surface area contributed by atoms with E-state index in [-0.39, 0.29) is 11.9 Å². The van der Waals surface area contributed by atoms with Crippen molar-refractivity contribution in [2.75, 3.05) is 7.11 Å². The van der Waals surface area contributed by atoms with E-state index in [0.29, 0.717) is 5.56 Å². The molecule has 1 atom stereocenters. The topological polar surface area (TPSA) is 87.2 Å². The van der Waals surface area contributed by atoms with E-state index in [1.54, 1.807) is 0 Å². The third-order valence-corrected chi connectivity index (χ3v) is 2.68. The number of hydrogen-bond acceptors (Lipinski definition) is 4. The Kier molecular flexibility index (Phi) is 2.64. The second-order valence-corrected chi connectivity index (χ2v) is 3.88. The van der Waals surface area contributed by atoms with Crippen molar-refractivity contribution in [3.05, 3.63) is 18.0 Å². The highest BCUT2D eigenvalue weighted by Crippen LogP contribution is 2.40. The van der Waals surface area contributed by atoms with Gasteiger partial charge in [0.2, 0.25) is 0 Å². The van der Waals surface area contributed by atoms with Crippen LogP contribution in [-0.4, -0.2) is 28.8 Å². The number of carbonyl (C=O) groups excluding carboxylic acids is 2. The van der Waals surface area contributed by atoms with Gasteiger partial charge in [0.15, 0.2) is 6.04 Å². The molecule has 6 nitrogen and oxygen atoms in total. The van der Waals surface area contributed by atoms with Gasteiger partial charge >= 0.3 is 5.97 Å². The maximum atomic E-state index is 11.6. The Morgan fingerprint density at radius 2 is 2.31 bits per heavy atom. The summed E-state index contributed by atoms with van der Waals surface area (Å²) in [4.78, 5) is 22.5. The molecule has 0 aromatic carbocycles. The minimum Gasteiger partial charge on any atom is -0.467 e. The average molecular weight is 223 g/mol. The van der Waals surface area contributed by atoms with Crippen molar-refractivity contribution in [1.82, 2.24) is 9.78 Å². The van der Waals surface area contributed by atoms with E-state index >= 15 is 0 Å². The lowest BCUT2D eigenvalue weighted by atomic mass is 10.2. The number of carbonyl (C=O) groups is 2. The largest absolute Gasteiger partial charge is 0.467 e. The van der Waals surface area contributed by atoms with E-state index in [2.05, 4.69) is 5.10 Å². The van der Waals surface area contributed by atoms with Gasteiger partial charge in [0.1, 0.15) is 0 Å². The molecule has 0 spiro atoms. The summed E-state index contributed by atoms with van der Waals surface area (Å²) in [5, 5.41) is 3.98. The summed E-state index contributed by atoms with van der Waals surface area (Å²) in [5.74, 6) is -0.625. The molecule has 0 aliphatic heterocycles. The average Bonchev–Trinajstić information content (AvgIpc) is 2.95. The van der Waals surface area contributed by atoms with Crippen molar-refractivity contribution in [3.8, 4) is 0 Å². The predicted molar refractivity (Wildman–Crippen MR) is 54.5 cm³/mol. The van der Waals surface area contributed by atoms with Gasteiger partial charge in [-0.2, -0.15) is 5.10 Å². The third kappa shape index (κ3) is 1.91. The summed E-state index contributed by atoms with van der Waals surface area (Å²) in [6, 6.07) is -0.432. The zero-order chi connectivity index (χ0) is 11.7. The van der Waals surface area contributed by atoms with E-state index in [1.165, 1.54) is 24.2 Å². The number of esters is 1. The van der Waals surface area contributed by atoms with E-state index < -0.39 is 11.9 Å². The van der Waals surface area contributed by atoms with Crippen molar-refractivity contribution >= 4 is 11.9 Å². The van der Waals surface area contributed by atoms with Crippen molar-refractivity contribution in [2.24, 2.45) is 11.7 Å². The molecule has 1 unspecified atom stereocenters. The summed E-state index contributed by atoms with van der Waals surface area (Å²) in [6.45, 7) is 0. The highest BCUT2D eigenvalue weighted by atomic mass is 16.5. The number of nitrogens with zero attached hydrogens (tertiary/aromatic N) is 2. The maximum absolute atomic E-state index is 11.6. The van der Waals surface area contributed by atoms with Gasteiger partial charge in [0.25, 0.3) is 5.91 Å². The lowest BCUT2D eigenvalue weighted by Gasteiger charge is -2.13. The maximum Gasteiger partial charge on any atom is 0.330 e. The molecule has 2 rings (SSSR count). The number of primary amides is 1. The number of ether oxygens (including phenoxy) is 1. The Labute approximate surface area is 92.4 Å². The van der Waals surface area contributed by atoms with Crippen LogP contribution in [0.4, 0.5) is 0 Å². The van der Waals surface area contributed by atoms with Crippen LogP contribution in [0, 0.1) is 5.92 Å². The molecule has 1 amide bonds. The lowest BCUT2D eigenvalue weighted by molar-refractivity contribution is -0.145. The number of hydrogen-bond donors (Lipinski definition) is 1. The quantitative estimate of drug-likeness (QED) is 0.733. The van der Waals surface area contributed by atoms with Crippen LogP contribution in [-0.2, 0) is 9.53 Å². The van der Waals surface area contributed by atoms with E-state index in [9.17, 15) is 9.59 Å². The Bertz CT molecular complexity index is 423. The number of amides is 1. The van der Waals surface area contributed by atoms with Crippen LogP contribution in [0.2, 0.25) is 0 Å². The van der Waals surface area contributed by atoms with Crippen molar-refractivity contribution in [3.63, 3.8) is 0 Å². The fourth-order valence-electron chi connectivity index (χ4n) is 1.67.